The first-order valence-corrected chi connectivity index (χ1v) is 7.64. The third-order valence-corrected chi connectivity index (χ3v) is 4.26. The number of nitrogens with two attached hydrogens (primary N) is 1. The molecule has 0 aliphatic carbocycles. The molecule has 102 valence electrons. The molecule has 3 heteroatoms. The average Bonchev–Trinajstić information content (AvgIpc) is 2.89. The molecule has 0 aliphatic heterocycles. The largest absolute Gasteiger partial charge is 0.399 e. The van der Waals surface area contributed by atoms with Crippen LogP contribution in [-0.2, 0) is 13.0 Å². The predicted molar refractivity (Wildman–Crippen MR) is 84.4 cm³/mol. The zero-order valence-corrected chi connectivity index (χ0v) is 12.5. The monoisotopic (exact) mass is 274 g/mol. The SMILES string of the molecule is CC(C)N(CCc1cccs1)Cc1ccc(N)cc1. The van der Waals surface area contributed by atoms with E-state index >= 15 is 0 Å². The normalized spacial score (nSPS) is 11.4. The van der Waals surface area contributed by atoms with E-state index in [1.165, 1.54) is 10.4 Å². The van der Waals surface area contributed by atoms with Gasteiger partial charge in [0.15, 0.2) is 0 Å². The van der Waals surface area contributed by atoms with Crippen molar-refractivity contribution in [3.63, 3.8) is 0 Å². The highest BCUT2D eigenvalue weighted by atomic mass is 32.1. The molecule has 2 rings (SSSR count). The van der Waals surface area contributed by atoms with E-state index in [2.05, 4.69) is 48.4 Å². The van der Waals surface area contributed by atoms with Gasteiger partial charge in [-0.3, -0.25) is 4.90 Å². The molecule has 0 fully saturated rings. The first-order chi connectivity index (χ1) is 9.15. The molecule has 1 aromatic carbocycles. The Kier molecular flexibility index (Phi) is 5.00. The van der Waals surface area contributed by atoms with Gasteiger partial charge in [0, 0.05) is 29.7 Å². The van der Waals surface area contributed by atoms with E-state index in [1.807, 2.05) is 23.5 Å². The molecule has 2 N–H and O–H groups in total. The van der Waals surface area contributed by atoms with Crippen LogP contribution < -0.4 is 5.73 Å². The van der Waals surface area contributed by atoms with E-state index < -0.39 is 0 Å². The number of rotatable bonds is 6. The molecule has 19 heavy (non-hydrogen) atoms. The van der Waals surface area contributed by atoms with Gasteiger partial charge in [-0.15, -0.1) is 11.3 Å². The number of thiophene rings is 1. The summed E-state index contributed by atoms with van der Waals surface area (Å²) in [6, 6.07) is 13.1. The van der Waals surface area contributed by atoms with Crippen molar-refractivity contribution in [3.8, 4) is 0 Å². The van der Waals surface area contributed by atoms with Crippen LogP contribution in [0.1, 0.15) is 24.3 Å². The molecule has 0 spiro atoms. The van der Waals surface area contributed by atoms with Gasteiger partial charge in [-0.1, -0.05) is 18.2 Å². The van der Waals surface area contributed by atoms with Gasteiger partial charge >= 0.3 is 0 Å². The second-order valence-corrected chi connectivity index (χ2v) is 6.17. The highest BCUT2D eigenvalue weighted by Crippen LogP contribution is 2.14. The molecule has 0 radical (unpaired) electrons. The smallest absolute Gasteiger partial charge is 0.0314 e. The summed E-state index contributed by atoms with van der Waals surface area (Å²) in [5.74, 6) is 0. The van der Waals surface area contributed by atoms with Gasteiger partial charge < -0.3 is 5.73 Å². The van der Waals surface area contributed by atoms with Gasteiger partial charge in [-0.05, 0) is 49.4 Å². The summed E-state index contributed by atoms with van der Waals surface area (Å²) in [6.07, 6.45) is 1.13. The number of hydrogen-bond acceptors (Lipinski definition) is 3. The van der Waals surface area contributed by atoms with E-state index in [-0.39, 0.29) is 0 Å². The van der Waals surface area contributed by atoms with Crippen LogP contribution in [0.3, 0.4) is 0 Å². The summed E-state index contributed by atoms with van der Waals surface area (Å²) in [5.41, 5.74) is 7.89. The Hall–Kier alpha value is -1.32. The lowest BCUT2D eigenvalue weighted by Crippen LogP contribution is -2.32. The summed E-state index contributed by atoms with van der Waals surface area (Å²) >= 11 is 1.84. The van der Waals surface area contributed by atoms with Gasteiger partial charge in [0.05, 0.1) is 0 Å². The van der Waals surface area contributed by atoms with E-state index in [0.29, 0.717) is 6.04 Å². The number of nitrogens with zero attached hydrogens (tertiary/aromatic N) is 1. The number of hydrogen-bond donors (Lipinski definition) is 1. The average molecular weight is 274 g/mol. The minimum Gasteiger partial charge on any atom is -0.399 e. The van der Waals surface area contributed by atoms with Crippen molar-refractivity contribution in [2.24, 2.45) is 0 Å². The van der Waals surface area contributed by atoms with Gasteiger partial charge in [0.2, 0.25) is 0 Å². The zero-order chi connectivity index (χ0) is 13.7. The Labute approximate surface area is 119 Å². The summed E-state index contributed by atoms with van der Waals surface area (Å²) in [4.78, 5) is 3.97. The zero-order valence-electron chi connectivity index (χ0n) is 11.7. The molecule has 2 nitrogen and oxygen atoms in total. The Morgan fingerprint density at radius 1 is 1.16 bits per heavy atom. The second-order valence-electron chi connectivity index (χ2n) is 5.14. The van der Waals surface area contributed by atoms with Crippen LogP contribution >= 0.6 is 11.3 Å². The van der Waals surface area contributed by atoms with Crippen molar-refractivity contribution >= 4 is 17.0 Å². The Balaban J connectivity index is 1.94. The molecule has 0 aliphatic rings. The van der Waals surface area contributed by atoms with Gasteiger partial charge in [0.25, 0.3) is 0 Å². The Morgan fingerprint density at radius 3 is 2.47 bits per heavy atom. The molecule has 0 saturated carbocycles. The Bertz CT molecular complexity index is 474. The fourth-order valence-corrected chi connectivity index (χ4v) is 2.78. The summed E-state index contributed by atoms with van der Waals surface area (Å²) < 4.78 is 0. The lowest BCUT2D eigenvalue weighted by molar-refractivity contribution is 0.216. The van der Waals surface area contributed by atoms with E-state index in [4.69, 9.17) is 5.73 Å². The van der Waals surface area contributed by atoms with E-state index in [9.17, 15) is 0 Å². The Morgan fingerprint density at radius 2 is 1.89 bits per heavy atom. The highest BCUT2D eigenvalue weighted by Gasteiger charge is 2.10. The van der Waals surface area contributed by atoms with Crippen LogP contribution in [-0.4, -0.2) is 17.5 Å². The van der Waals surface area contributed by atoms with Crippen LogP contribution in [0.15, 0.2) is 41.8 Å². The minimum absolute atomic E-state index is 0.553. The van der Waals surface area contributed by atoms with Gasteiger partial charge in [-0.25, -0.2) is 0 Å². The fraction of sp³-hybridized carbons (Fsp3) is 0.375. The number of anilines is 1. The lowest BCUT2D eigenvalue weighted by Gasteiger charge is -2.26. The summed E-state index contributed by atoms with van der Waals surface area (Å²) in [7, 11) is 0. The molecule has 1 aromatic heterocycles. The molecule has 0 atom stereocenters. The van der Waals surface area contributed by atoms with Crippen LogP contribution in [0, 0.1) is 0 Å². The molecule has 0 saturated heterocycles. The van der Waals surface area contributed by atoms with Crippen molar-refractivity contribution in [2.45, 2.75) is 32.9 Å². The molecular weight excluding hydrogens is 252 g/mol. The first-order valence-electron chi connectivity index (χ1n) is 6.76. The molecule has 2 aromatic rings. The first kappa shape index (κ1) is 14.1. The summed E-state index contributed by atoms with van der Waals surface area (Å²) in [6.45, 7) is 6.60. The molecule has 0 amide bonds. The fourth-order valence-electron chi connectivity index (χ4n) is 2.09. The lowest BCUT2D eigenvalue weighted by atomic mass is 10.1. The van der Waals surface area contributed by atoms with Crippen molar-refractivity contribution in [3.05, 3.63) is 52.2 Å². The second kappa shape index (κ2) is 6.73. The van der Waals surface area contributed by atoms with E-state index in [1.54, 1.807) is 0 Å². The maximum Gasteiger partial charge on any atom is 0.0314 e. The molecule has 0 bridgehead atoms. The van der Waals surface area contributed by atoms with Crippen molar-refractivity contribution in [2.75, 3.05) is 12.3 Å². The van der Waals surface area contributed by atoms with Crippen molar-refractivity contribution in [1.82, 2.24) is 4.90 Å². The van der Waals surface area contributed by atoms with Crippen LogP contribution in [0.25, 0.3) is 0 Å². The van der Waals surface area contributed by atoms with Crippen molar-refractivity contribution in [1.29, 1.82) is 0 Å². The quantitative estimate of drug-likeness (QED) is 0.812. The van der Waals surface area contributed by atoms with Crippen LogP contribution in [0.4, 0.5) is 5.69 Å². The highest BCUT2D eigenvalue weighted by molar-refractivity contribution is 7.09. The topological polar surface area (TPSA) is 29.3 Å². The maximum absolute atomic E-state index is 5.73. The van der Waals surface area contributed by atoms with Crippen LogP contribution in [0.5, 0.6) is 0 Å². The third kappa shape index (κ3) is 4.37. The molecule has 0 unspecified atom stereocenters. The van der Waals surface area contributed by atoms with Gasteiger partial charge in [-0.2, -0.15) is 0 Å². The molecule has 1 heterocycles. The van der Waals surface area contributed by atoms with Crippen LogP contribution in [0.2, 0.25) is 0 Å². The standard InChI is InChI=1S/C16H22N2S/c1-13(2)18(10-9-16-4-3-11-19-16)12-14-5-7-15(17)8-6-14/h3-8,11,13H,9-10,12,17H2,1-2H3. The van der Waals surface area contributed by atoms with E-state index in [0.717, 1.165) is 25.2 Å². The molecular formula is C16H22N2S. The predicted octanol–water partition coefficient (Wildman–Crippen LogP) is 3.78. The maximum atomic E-state index is 5.73. The van der Waals surface area contributed by atoms with Crippen molar-refractivity contribution < 1.29 is 0 Å². The number of nitrogen functional groups attached to an aromatic ring is 1. The number of benzene rings is 1. The third-order valence-electron chi connectivity index (χ3n) is 3.32. The van der Waals surface area contributed by atoms with Gasteiger partial charge in [0.1, 0.15) is 0 Å². The minimum atomic E-state index is 0.553. The summed E-state index contributed by atoms with van der Waals surface area (Å²) in [5, 5.41) is 2.15.